The zero-order chi connectivity index (χ0) is 10.1. The van der Waals surface area contributed by atoms with Crippen molar-refractivity contribution in [3.63, 3.8) is 0 Å². The number of rotatable bonds is 1. The summed E-state index contributed by atoms with van der Waals surface area (Å²) in [5.74, 6) is 0.215. The van der Waals surface area contributed by atoms with Crippen LogP contribution in [0.25, 0.3) is 0 Å². The third-order valence-electron chi connectivity index (χ3n) is 1.99. The van der Waals surface area contributed by atoms with Crippen molar-refractivity contribution in [2.75, 3.05) is 0 Å². The number of Topliss-reactive ketones (excluding diaryl/α,β-unsaturated/α-hetero) is 1. The molecule has 10 heavy (non-hydrogen) atoms. The summed E-state index contributed by atoms with van der Waals surface area (Å²) in [6, 6.07) is 0. The standard InChI is InChI=1S/C9H14O/c1-7-3-5-9(6-4-7)8(2)10/h3,9H,4-6H2,1-2H3/i1D3. The highest BCUT2D eigenvalue weighted by atomic mass is 16.1. The number of carbonyl (C=O) groups excluding carboxylic acids is 1. The molecule has 1 unspecified atom stereocenters. The summed E-state index contributed by atoms with van der Waals surface area (Å²) in [7, 11) is 0. The summed E-state index contributed by atoms with van der Waals surface area (Å²) in [6.07, 6.45) is 3.55. The van der Waals surface area contributed by atoms with E-state index in [1.165, 1.54) is 0 Å². The summed E-state index contributed by atoms with van der Waals surface area (Å²) in [5, 5.41) is 0. The lowest BCUT2D eigenvalue weighted by Crippen LogP contribution is -2.12. The van der Waals surface area contributed by atoms with Crippen molar-refractivity contribution in [2.24, 2.45) is 5.92 Å². The quantitative estimate of drug-likeness (QED) is 0.512. The molecular formula is C9H14O. The van der Waals surface area contributed by atoms with E-state index in [2.05, 4.69) is 0 Å². The van der Waals surface area contributed by atoms with Crippen LogP contribution in [0.1, 0.15) is 37.2 Å². The summed E-state index contributed by atoms with van der Waals surface area (Å²) in [5.41, 5.74) is 0.519. The third kappa shape index (κ3) is 1.69. The molecule has 0 aromatic heterocycles. The van der Waals surface area contributed by atoms with Gasteiger partial charge in [0.05, 0.1) is 0 Å². The minimum Gasteiger partial charge on any atom is -0.300 e. The molecule has 0 saturated heterocycles. The molecule has 1 aliphatic carbocycles. The minimum absolute atomic E-state index is 0.0473. The maximum Gasteiger partial charge on any atom is 0.133 e. The smallest absolute Gasteiger partial charge is 0.133 e. The lowest BCUT2D eigenvalue weighted by atomic mass is 9.88. The van der Waals surface area contributed by atoms with Gasteiger partial charge in [0.15, 0.2) is 0 Å². The van der Waals surface area contributed by atoms with Gasteiger partial charge in [0.2, 0.25) is 0 Å². The Balaban J connectivity index is 2.63. The van der Waals surface area contributed by atoms with Gasteiger partial charge in [-0.15, -0.1) is 0 Å². The Morgan fingerprint density at radius 1 is 1.90 bits per heavy atom. The maximum absolute atomic E-state index is 11.0. The number of carbonyl (C=O) groups is 1. The summed E-state index contributed by atoms with van der Waals surface area (Å²) in [4.78, 5) is 11.0. The zero-order valence-corrected chi connectivity index (χ0v) is 6.18. The number of ketones is 1. The first-order valence-electron chi connectivity index (χ1n) is 5.11. The number of hydrogen-bond donors (Lipinski definition) is 0. The Morgan fingerprint density at radius 2 is 2.70 bits per heavy atom. The molecule has 1 atom stereocenters. The van der Waals surface area contributed by atoms with E-state index in [1.54, 1.807) is 13.0 Å². The summed E-state index contributed by atoms with van der Waals surface area (Å²) >= 11 is 0. The van der Waals surface area contributed by atoms with Crippen molar-refractivity contribution in [1.29, 1.82) is 0 Å². The molecule has 0 radical (unpaired) electrons. The summed E-state index contributed by atoms with van der Waals surface area (Å²) in [6.45, 7) is -0.388. The van der Waals surface area contributed by atoms with E-state index in [1.807, 2.05) is 0 Å². The molecule has 0 bridgehead atoms. The molecule has 0 spiro atoms. The van der Waals surface area contributed by atoms with Crippen molar-refractivity contribution in [1.82, 2.24) is 0 Å². The van der Waals surface area contributed by atoms with Crippen molar-refractivity contribution < 1.29 is 8.91 Å². The second-order valence-electron chi connectivity index (χ2n) is 2.81. The molecule has 1 nitrogen and oxygen atoms in total. The Bertz CT molecular complexity index is 240. The predicted molar refractivity (Wildman–Crippen MR) is 41.8 cm³/mol. The molecule has 1 heteroatoms. The van der Waals surface area contributed by atoms with Gasteiger partial charge in [-0.2, -0.15) is 0 Å². The van der Waals surface area contributed by atoms with Crippen molar-refractivity contribution in [3.8, 4) is 0 Å². The van der Waals surface area contributed by atoms with E-state index in [9.17, 15) is 4.79 Å². The third-order valence-corrected chi connectivity index (χ3v) is 1.99. The maximum atomic E-state index is 11.0. The van der Waals surface area contributed by atoms with Gasteiger partial charge in [0, 0.05) is 10.0 Å². The fourth-order valence-electron chi connectivity index (χ4n) is 1.20. The van der Waals surface area contributed by atoms with Crippen LogP contribution in [-0.4, -0.2) is 5.78 Å². The van der Waals surface area contributed by atoms with Crippen LogP contribution >= 0.6 is 0 Å². The van der Waals surface area contributed by atoms with E-state index in [4.69, 9.17) is 4.11 Å². The molecule has 0 saturated carbocycles. The predicted octanol–water partition coefficient (Wildman–Crippen LogP) is 2.32. The van der Waals surface area contributed by atoms with Crippen LogP contribution in [0.4, 0.5) is 0 Å². The highest BCUT2D eigenvalue weighted by Gasteiger charge is 2.15. The Morgan fingerprint density at radius 3 is 3.10 bits per heavy atom. The lowest BCUT2D eigenvalue weighted by molar-refractivity contribution is -0.120. The average molecular weight is 141 g/mol. The van der Waals surface area contributed by atoms with Gasteiger partial charge in [-0.3, -0.25) is 4.79 Å². The van der Waals surface area contributed by atoms with Gasteiger partial charge in [0.1, 0.15) is 5.78 Å². The second-order valence-corrected chi connectivity index (χ2v) is 2.81. The largest absolute Gasteiger partial charge is 0.300 e. The fourth-order valence-corrected chi connectivity index (χ4v) is 1.20. The van der Waals surface area contributed by atoms with Crippen LogP contribution in [0.5, 0.6) is 0 Å². The number of hydrogen-bond acceptors (Lipinski definition) is 1. The first kappa shape index (κ1) is 4.32. The first-order valence-corrected chi connectivity index (χ1v) is 3.61. The van der Waals surface area contributed by atoms with E-state index in [0.29, 0.717) is 24.8 Å². The molecule has 0 N–H and O–H groups in total. The molecule has 0 aromatic carbocycles. The Hall–Kier alpha value is -0.590. The lowest BCUT2D eigenvalue weighted by Gasteiger charge is -2.16. The van der Waals surface area contributed by atoms with Gasteiger partial charge < -0.3 is 0 Å². The SMILES string of the molecule is [2H]C([2H])([2H])C1=CCC(C(C)=O)CC1. The van der Waals surface area contributed by atoms with E-state index in [-0.39, 0.29) is 11.7 Å². The normalized spacial score (nSPS) is 31.5. The Kier molecular flexibility index (Phi) is 1.30. The first-order chi connectivity index (χ1) is 5.91. The van der Waals surface area contributed by atoms with E-state index in [0.717, 1.165) is 0 Å². The van der Waals surface area contributed by atoms with Crippen LogP contribution in [0.2, 0.25) is 0 Å². The molecule has 1 rings (SSSR count). The zero-order valence-electron chi connectivity index (χ0n) is 9.18. The molecular weight excluding hydrogens is 124 g/mol. The molecule has 1 aliphatic rings. The molecule has 56 valence electrons. The second kappa shape index (κ2) is 3.00. The van der Waals surface area contributed by atoms with Crippen LogP contribution in [0.3, 0.4) is 0 Å². The van der Waals surface area contributed by atoms with Crippen molar-refractivity contribution in [2.45, 2.75) is 33.0 Å². The highest BCUT2D eigenvalue weighted by molar-refractivity contribution is 5.78. The van der Waals surface area contributed by atoms with Crippen LogP contribution < -0.4 is 0 Å². The number of allylic oxidation sites excluding steroid dienone is 2. The molecule has 0 aliphatic heterocycles. The Labute approximate surface area is 66.3 Å². The van der Waals surface area contributed by atoms with Gasteiger partial charge in [-0.05, 0) is 33.0 Å². The minimum atomic E-state index is -1.96. The highest BCUT2D eigenvalue weighted by Crippen LogP contribution is 2.23. The van der Waals surface area contributed by atoms with Gasteiger partial charge >= 0.3 is 0 Å². The van der Waals surface area contributed by atoms with E-state index >= 15 is 0 Å². The van der Waals surface area contributed by atoms with Crippen molar-refractivity contribution in [3.05, 3.63) is 11.6 Å². The molecule has 0 amide bonds. The van der Waals surface area contributed by atoms with Gasteiger partial charge in [-0.1, -0.05) is 11.6 Å². The van der Waals surface area contributed by atoms with E-state index < -0.39 is 6.85 Å². The molecule has 0 fully saturated rings. The molecule has 0 heterocycles. The van der Waals surface area contributed by atoms with Crippen molar-refractivity contribution >= 4 is 5.78 Å². The van der Waals surface area contributed by atoms with Gasteiger partial charge in [-0.25, -0.2) is 0 Å². The van der Waals surface area contributed by atoms with Crippen LogP contribution in [0, 0.1) is 5.92 Å². The molecule has 0 aromatic rings. The topological polar surface area (TPSA) is 17.1 Å². The van der Waals surface area contributed by atoms with Crippen LogP contribution in [-0.2, 0) is 4.79 Å². The van der Waals surface area contributed by atoms with Gasteiger partial charge in [0.25, 0.3) is 0 Å². The average Bonchev–Trinajstić information content (AvgIpc) is 2.03. The van der Waals surface area contributed by atoms with Crippen LogP contribution in [0.15, 0.2) is 11.6 Å². The summed E-state index contributed by atoms with van der Waals surface area (Å²) < 4.78 is 21.5. The monoisotopic (exact) mass is 141 g/mol. The fraction of sp³-hybridized carbons (Fsp3) is 0.667.